The Bertz CT molecular complexity index is 523. The van der Waals surface area contributed by atoms with Gasteiger partial charge in [-0.2, -0.15) is 0 Å². The lowest BCUT2D eigenvalue weighted by atomic mass is 10.1. The van der Waals surface area contributed by atoms with Crippen LogP contribution in [0.1, 0.15) is 42.7 Å². The number of furan rings is 1. The topological polar surface area (TPSA) is 63.0 Å². The lowest BCUT2D eigenvalue weighted by molar-refractivity contribution is -0.127. The Labute approximate surface area is 136 Å². The third-order valence-electron chi connectivity index (χ3n) is 4.62. The van der Waals surface area contributed by atoms with E-state index < -0.39 is 0 Å². The molecule has 2 fully saturated rings. The Morgan fingerprint density at radius 3 is 2.83 bits per heavy atom. The number of hydrogen-bond acceptors (Lipinski definition) is 4. The number of hydrogen-bond donors (Lipinski definition) is 0. The largest absolute Gasteiger partial charge is 0.459 e. The van der Waals surface area contributed by atoms with Gasteiger partial charge in [0.2, 0.25) is 5.91 Å². The number of rotatable bonds is 6. The van der Waals surface area contributed by atoms with E-state index in [4.69, 9.17) is 9.15 Å². The molecule has 0 aromatic carbocycles. The van der Waals surface area contributed by atoms with Gasteiger partial charge in [-0.25, -0.2) is 0 Å². The summed E-state index contributed by atoms with van der Waals surface area (Å²) in [6.45, 7) is 3.61. The Balaban J connectivity index is 1.60. The lowest BCUT2D eigenvalue weighted by Crippen LogP contribution is -2.44. The highest BCUT2D eigenvalue weighted by molar-refractivity contribution is 5.91. The van der Waals surface area contributed by atoms with Crippen molar-refractivity contribution in [2.24, 2.45) is 0 Å². The van der Waals surface area contributed by atoms with Gasteiger partial charge in [0.15, 0.2) is 5.76 Å². The molecule has 0 N–H and O–H groups in total. The van der Waals surface area contributed by atoms with Crippen molar-refractivity contribution in [3.8, 4) is 0 Å². The van der Waals surface area contributed by atoms with Gasteiger partial charge < -0.3 is 19.0 Å². The van der Waals surface area contributed by atoms with Gasteiger partial charge in [-0.15, -0.1) is 0 Å². The summed E-state index contributed by atoms with van der Waals surface area (Å²) in [7, 11) is 0. The normalized spacial score (nSPS) is 19.3. The van der Waals surface area contributed by atoms with E-state index in [2.05, 4.69) is 0 Å². The standard InChI is InChI=1S/C17H24N2O4/c20-16-5-1-8-18(16)9-3-10-19(14-6-12-22-13-7-14)17(21)15-4-2-11-23-15/h2,4,11,14H,1,3,5-10,12-13H2. The van der Waals surface area contributed by atoms with Crippen LogP contribution in [-0.4, -0.2) is 60.5 Å². The molecule has 0 spiro atoms. The average Bonchev–Trinajstić information content (AvgIpc) is 3.24. The van der Waals surface area contributed by atoms with Crippen molar-refractivity contribution in [3.05, 3.63) is 24.2 Å². The van der Waals surface area contributed by atoms with E-state index >= 15 is 0 Å². The second kappa shape index (κ2) is 7.64. The molecule has 126 valence electrons. The van der Waals surface area contributed by atoms with Crippen molar-refractivity contribution in [1.82, 2.24) is 9.80 Å². The van der Waals surface area contributed by atoms with Gasteiger partial charge in [-0.3, -0.25) is 9.59 Å². The summed E-state index contributed by atoms with van der Waals surface area (Å²) in [5.41, 5.74) is 0. The minimum atomic E-state index is -0.0605. The molecule has 6 heteroatoms. The third kappa shape index (κ3) is 3.93. The fourth-order valence-electron chi connectivity index (χ4n) is 3.36. The molecule has 0 atom stereocenters. The van der Waals surface area contributed by atoms with E-state index in [1.54, 1.807) is 12.1 Å². The maximum Gasteiger partial charge on any atom is 0.289 e. The molecule has 2 amide bonds. The van der Waals surface area contributed by atoms with Gasteiger partial charge in [-0.1, -0.05) is 0 Å². The van der Waals surface area contributed by atoms with Crippen molar-refractivity contribution in [1.29, 1.82) is 0 Å². The van der Waals surface area contributed by atoms with E-state index in [9.17, 15) is 9.59 Å². The van der Waals surface area contributed by atoms with Crippen molar-refractivity contribution in [2.75, 3.05) is 32.8 Å². The Morgan fingerprint density at radius 1 is 1.35 bits per heavy atom. The van der Waals surface area contributed by atoms with Crippen LogP contribution in [0.4, 0.5) is 0 Å². The first kappa shape index (κ1) is 16.1. The highest BCUT2D eigenvalue weighted by Crippen LogP contribution is 2.19. The quantitative estimate of drug-likeness (QED) is 0.803. The second-order valence-electron chi connectivity index (χ2n) is 6.16. The van der Waals surface area contributed by atoms with E-state index in [1.165, 1.54) is 6.26 Å². The molecule has 2 aliphatic heterocycles. The number of nitrogens with zero attached hydrogens (tertiary/aromatic N) is 2. The zero-order valence-electron chi connectivity index (χ0n) is 13.4. The van der Waals surface area contributed by atoms with Gasteiger partial charge in [-0.05, 0) is 37.8 Å². The van der Waals surface area contributed by atoms with Crippen LogP contribution in [-0.2, 0) is 9.53 Å². The first-order chi connectivity index (χ1) is 11.3. The minimum Gasteiger partial charge on any atom is -0.459 e. The SMILES string of the molecule is O=C1CCCN1CCCN(C(=O)c1ccco1)C1CCOCC1. The third-order valence-corrected chi connectivity index (χ3v) is 4.62. The maximum absolute atomic E-state index is 12.7. The fraction of sp³-hybridized carbons (Fsp3) is 0.647. The molecule has 0 unspecified atom stereocenters. The summed E-state index contributed by atoms with van der Waals surface area (Å²) >= 11 is 0. The van der Waals surface area contributed by atoms with E-state index in [0.717, 1.165) is 38.8 Å². The molecule has 0 saturated carbocycles. The zero-order chi connectivity index (χ0) is 16.1. The molecule has 6 nitrogen and oxygen atoms in total. The summed E-state index contributed by atoms with van der Waals surface area (Å²) < 4.78 is 10.7. The van der Waals surface area contributed by atoms with Crippen LogP contribution in [0.15, 0.2) is 22.8 Å². The summed E-state index contributed by atoms with van der Waals surface area (Å²) in [5, 5.41) is 0. The fourth-order valence-corrected chi connectivity index (χ4v) is 3.36. The molecule has 3 rings (SSSR count). The highest BCUT2D eigenvalue weighted by atomic mass is 16.5. The van der Waals surface area contributed by atoms with Crippen molar-refractivity contribution >= 4 is 11.8 Å². The lowest BCUT2D eigenvalue weighted by Gasteiger charge is -2.34. The molecule has 0 bridgehead atoms. The van der Waals surface area contributed by atoms with Crippen LogP contribution in [0, 0.1) is 0 Å². The van der Waals surface area contributed by atoms with Crippen molar-refractivity contribution in [2.45, 2.75) is 38.1 Å². The van der Waals surface area contributed by atoms with E-state index in [1.807, 2.05) is 9.80 Å². The molecule has 1 aromatic rings. The monoisotopic (exact) mass is 320 g/mol. The first-order valence-electron chi connectivity index (χ1n) is 8.45. The van der Waals surface area contributed by atoms with Crippen LogP contribution in [0.5, 0.6) is 0 Å². The van der Waals surface area contributed by atoms with Gasteiger partial charge >= 0.3 is 0 Å². The Morgan fingerprint density at radius 2 is 2.17 bits per heavy atom. The van der Waals surface area contributed by atoms with Crippen LogP contribution in [0.2, 0.25) is 0 Å². The molecule has 1 aromatic heterocycles. The van der Waals surface area contributed by atoms with E-state index in [0.29, 0.717) is 31.9 Å². The zero-order valence-corrected chi connectivity index (χ0v) is 13.4. The molecular weight excluding hydrogens is 296 g/mol. The van der Waals surface area contributed by atoms with Crippen molar-refractivity contribution < 1.29 is 18.7 Å². The molecule has 23 heavy (non-hydrogen) atoms. The van der Waals surface area contributed by atoms with Crippen LogP contribution in [0.25, 0.3) is 0 Å². The predicted octanol–water partition coefficient (Wildman–Crippen LogP) is 1.91. The molecular formula is C17H24N2O4. The Kier molecular flexibility index (Phi) is 5.33. The van der Waals surface area contributed by atoms with Crippen molar-refractivity contribution in [3.63, 3.8) is 0 Å². The smallest absolute Gasteiger partial charge is 0.289 e. The number of carbonyl (C=O) groups is 2. The highest BCUT2D eigenvalue weighted by Gasteiger charge is 2.28. The predicted molar refractivity (Wildman–Crippen MR) is 84.0 cm³/mol. The van der Waals surface area contributed by atoms with Gasteiger partial charge in [0.1, 0.15) is 0 Å². The van der Waals surface area contributed by atoms with Gasteiger partial charge in [0.05, 0.1) is 6.26 Å². The number of carbonyl (C=O) groups excluding carboxylic acids is 2. The van der Waals surface area contributed by atoms with E-state index in [-0.39, 0.29) is 17.9 Å². The Hall–Kier alpha value is -1.82. The summed E-state index contributed by atoms with van der Waals surface area (Å²) in [6, 6.07) is 3.63. The summed E-state index contributed by atoms with van der Waals surface area (Å²) in [6.07, 6.45) is 5.65. The number of amides is 2. The van der Waals surface area contributed by atoms with Crippen LogP contribution < -0.4 is 0 Å². The molecule has 0 aliphatic carbocycles. The minimum absolute atomic E-state index is 0.0605. The second-order valence-corrected chi connectivity index (χ2v) is 6.16. The summed E-state index contributed by atoms with van der Waals surface area (Å²) in [4.78, 5) is 28.2. The molecule has 3 heterocycles. The van der Waals surface area contributed by atoms with Crippen LogP contribution >= 0.6 is 0 Å². The maximum atomic E-state index is 12.7. The van der Waals surface area contributed by atoms with Gasteiger partial charge in [0, 0.05) is 45.3 Å². The molecule has 0 radical (unpaired) electrons. The molecule has 2 saturated heterocycles. The van der Waals surface area contributed by atoms with Gasteiger partial charge in [0.25, 0.3) is 5.91 Å². The molecule has 2 aliphatic rings. The van der Waals surface area contributed by atoms with Crippen LogP contribution in [0.3, 0.4) is 0 Å². The number of likely N-dealkylation sites (tertiary alicyclic amines) is 1. The summed E-state index contributed by atoms with van der Waals surface area (Å²) in [5.74, 6) is 0.559. The number of ether oxygens (including phenoxy) is 1. The average molecular weight is 320 g/mol. The first-order valence-corrected chi connectivity index (χ1v) is 8.45.